The van der Waals surface area contributed by atoms with Crippen LogP contribution in [0.15, 0.2) is 29.3 Å². The summed E-state index contributed by atoms with van der Waals surface area (Å²) in [7, 11) is 3.46. The van der Waals surface area contributed by atoms with Gasteiger partial charge < -0.3 is 20.3 Å². The van der Waals surface area contributed by atoms with Crippen molar-refractivity contribution in [3.63, 3.8) is 0 Å². The number of hydrogen-bond donors (Lipinski definition) is 2. The van der Waals surface area contributed by atoms with Gasteiger partial charge >= 0.3 is 0 Å². The molecule has 1 amide bonds. The molecule has 6 nitrogen and oxygen atoms in total. The number of ether oxygens (including phenoxy) is 1. The molecule has 0 unspecified atom stereocenters. The van der Waals surface area contributed by atoms with E-state index >= 15 is 0 Å². The van der Waals surface area contributed by atoms with E-state index < -0.39 is 0 Å². The fourth-order valence-electron chi connectivity index (χ4n) is 1.99. The second-order valence-corrected chi connectivity index (χ2v) is 5.64. The summed E-state index contributed by atoms with van der Waals surface area (Å²) in [6.07, 6.45) is 1.86. The van der Waals surface area contributed by atoms with Crippen molar-refractivity contribution in [2.24, 2.45) is 4.99 Å². The van der Waals surface area contributed by atoms with E-state index in [1.807, 2.05) is 19.1 Å². The Morgan fingerprint density at radius 2 is 1.96 bits per heavy atom. The Balaban J connectivity index is 2.53. The monoisotopic (exact) mass is 334 g/mol. The van der Waals surface area contributed by atoms with E-state index in [2.05, 4.69) is 34.7 Å². The normalized spacial score (nSPS) is 11.1. The van der Waals surface area contributed by atoms with Crippen LogP contribution >= 0.6 is 0 Å². The predicted molar refractivity (Wildman–Crippen MR) is 98.6 cm³/mol. The molecule has 0 saturated heterocycles. The molecular weight excluding hydrogens is 304 g/mol. The number of hydrogen-bond acceptors (Lipinski definition) is 3. The van der Waals surface area contributed by atoms with E-state index in [1.165, 1.54) is 5.56 Å². The fraction of sp³-hybridized carbons (Fsp3) is 0.556. The van der Waals surface area contributed by atoms with E-state index in [9.17, 15) is 4.79 Å². The Labute approximate surface area is 145 Å². The van der Waals surface area contributed by atoms with Crippen molar-refractivity contribution >= 4 is 11.9 Å². The van der Waals surface area contributed by atoms with Crippen LogP contribution in [0, 0.1) is 0 Å². The van der Waals surface area contributed by atoms with Gasteiger partial charge in [-0.05, 0) is 37.5 Å². The lowest BCUT2D eigenvalue weighted by molar-refractivity contribution is -0.127. The second-order valence-electron chi connectivity index (χ2n) is 5.64. The molecular formula is C18H30N4O2. The third-order valence-corrected chi connectivity index (χ3v) is 3.33. The van der Waals surface area contributed by atoms with Crippen LogP contribution in [0.25, 0.3) is 0 Å². The zero-order valence-corrected chi connectivity index (χ0v) is 15.3. The number of carbonyl (C=O) groups excluding carboxylic acids is 1. The van der Waals surface area contributed by atoms with Gasteiger partial charge in [0.1, 0.15) is 12.3 Å². The Kier molecular flexibility index (Phi) is 9.34. The molecule has 0 saturated carbocycles. The summed E-state index contributed by atoms with van der Waals surface area (Å²) >= 11 is 0. The molecule has 1 aromatic rings. The number of carbonyl (C=O) groups is 1. The average molecular weight is 334 g/mol. The van der Waals surface area contributed by atoms with Crippen LogP contribution in [-0.2, 0) is 11.2 Å². The lowest BCUT2D eigenvalue weighted by Gasteiger charge is -2.13. The topological polar surface area (TPSA) is 66.0 Å². The number of amides is 1. The first-order valence-corrected chi connectivity index (χ1v) is 8.50. The first kappa shape index (κ1) is 19.8. The molecule has 0 heterocycles. The first-order chi connectivity index (χ1) is 11.6. The van der Waals surface area contributed by atoms with Crippen molar-refractivity contribution < 1.29 is 9.53 Å². The number of rotatable bonds is 9. The molecule has 0 aromatic heterocycles. The van der Waals surface area contributed by atoms with Crippen LogP contribution < -0.4 is 15.4 Å². The van der Waals surface area contributed by atoms with Crippen LogP contribution in [-0.4, -0.2) is 57.1 Å². The Bertz CT molecular complexity index is 530. The fourth-order valence-corrected chi connectivity index (χ4v) is 1.99. The highest BCUT2D eigenvalue weighted by molar-refractivity contribution is 5.84. The van der Waals surface area contributed by atoms with Crippen molar-refractivity contribution in [2.45, 2.75) is 26.7 Å². The van der Waals surface area contributed by atoms with Crippen LogP contribution in [0.5, 0.6) is 5.75 Å². The number of guanidine groups is 1. The molecule has 0 aliphatic heterocycles. The van der Waals surface area contributed by atoms with Gasteiger partial charge in [-0.25, -0.2) is 4.99 Å². The number of nitrogens with one attached hydrogen (secondary N) is 2. The van der Waals surface area contributed by atoms with Gasteiger partial charge in [-0.1, -0.05) is 19.1 Å². The molecule has 0 aliphatic carbocycles. The van der Waals surface area contributed by atoms with E-state index in [0.717, 1.165) is 31.7 Å². The molecule has 1 rings (SSSR count). The third-order valence-electron chi connectivity index (χ3n) is 3.33. The summed E-state index contributed by atoms with van der Waals surface area (Å²) in [6, 6.07) is 8.09. The molecule has 0 spiro atoms. The summed E-state index contributed by atoms with van der Waals surface area (Å²) in [4.78, 5) is 17.5. The van der Waals surface area contributed by atoms with Crippen LogP contribution in [0.3, 0.4) is 0 Å². The largest absolute Gasteiger partial charge is 0.494 e. The van der Waals surface area contributed by atoms with Gasteiger partial charge in [0.15, 0.2) is 5.96 Å². The molecule has 134 valence electrons. The van der Waals surface area contributed by atoms with E-state index in [-0.39, 0.29) is 12.5 Å². The van der Waals surface area contributed by atoms with Crippen molar-refractivity contribution in [3.05, 3.63) is 29.8 Å². The van der Waals surface area contributed by atoms with Crippen LogP contribution in [0.1, 0.15) is 25.8 Å². The summed E-state index contributed by atoms with van der Waals surface area (Å²) < 4.78 is 5.52. The van der Waals surface area contributed by atoms with Gasteiger partial charge in [0, 0.05) is 27.2 Å². The highest BCUT2D eigenvalue weighted by Crippen LogP contribution is 2.13. The summed E-state index contributed by atoms with van der Waals surface area (Å²) in [6.45, 7) is 6.44. The van der Waals surface area contributed by atoms with Gasteiger partial charge in [0.2, 0.25) is 5.91 Å². The van der Waals surface area contributed by atoms with Crippen LogP contribution in [0.4, 0.5) is 0 Å². The molecule has 0 fully saturated rings. The zero-order chi connectivity index (χ0) is 17.8. The third kappa shape index (κ3) is 7.85. The van der Waals surface area contributed by atoms with E-state index in [4.69, 9.17) is 4.74 Å². The maximum absolute atomic E-state index is 11.7. The number of benzene rings is 1. The number of nitrogens with zero attached hydrogens (tertiary/aromatic N) is 2. The van der Waals surface area contributed by atoms with E-state index in [0.29, 0.717) is 12.6 Å². The van der Waals surface area contributed by atoms with Gasteiger partial charge in [-0.2, -0.15) is 0 Å². The molecule has 0 atom stereocenters. The van der Waals surface area contributed by atoms with E-state index in [1.54, 1.807) is 19.0 Å². The minimum atomic E-state index is -0.0167. The van der Waals surface area contributed by atoms with Crippen molar-refractivity contribution in [2.75, 3.05) is 40.3 Å². The summed E-state index contributed by atoms with van der Waals surface area (Å²) in [5.74, 6) is 1.55. The standard InChI is InChI=1S/C18H30N4O2/c1-5-11-19-18(21-14-17(23)22(3)4)20-12-10-15-8-7-9-16(13-15)24-6-2/h7-9,13H,5-6,10-12,14H2,1-4H3,(H2,19,20,21). The number of aliphatic imine (C=N–C) groups is 1. The highest BCUT2D eigenvalue weighted by atomic mass is 16.5. The highest BCUT2D eigenvalue weighted by Gasteiger charge is 2.04. The molecule has 0 bridgehead atoms. The van der Waals surface area contributed by atoms with Gasteiger partial charge in [-0.15, -0.1) is 0 Å². The molecule has 6 heteroatoms. The minimum Gasteiger partial charge on any atom is -0.494 e. The lowest BCUT2D eigenvalue weighted by Crippen LogP contribution is -2.39. The van der Waals surface area contributed by atoms with Crippen LogP contribution in [0.2, 0.25) is 0 Å². The smallest absolute Gasteiger partial charge is 0.243 e. The SMILES string of the molecule is CCCNC(=NCC(=O)N(C)C)NCCc1cccc(OCC)c1. The summed E-state index contributed by atoms with van der Waals surface area (Å²) in [5.41, 5.74) is 1.20. The zero-order valence-electron chi connectivity index (χ0n) is 15.3. The molecule has 0 aliphatic rings. The Morgan fingerprint density at radius 1 is 1.21 bits per heavy atom. The maximum atomic E-state index is 11.7. The maximum Gasteiger partial charge on any atom is 0.243 e. The lowest BCUT2D eigenvalue weighted by atomic mass is 10.1. The first-order valence-electron chi connectivity index (χ1n) is 8.50. The van der Waals surface area contributed by atoms with Gasteiger partial charge in [0.05, 0.1) is 6.61 Å². The Hall–Kier alpha value is -2.24. The van der Waals surface area contributed by atoms with Gasteiger partial charge in [-0.3, -0.25) is 4.79 Å². The second kappa shape index (κ2) is 11.3. The van der Waals surface area contributed by atoms with Crippen molar-refractivity contribution in [1.82, 2.24) is 15.5 Å². The molecule has 2 N–H and O–H groups in total. The molecule has 24 heavy (non-hydrogen) atoms. The minimum absolute atomic E-state index is 0.0167. The predicted octanol–water partition coefficient (Wildman–Crippen LogP) is 1.66. The summed E-state index contributed by atoms with van der Waals surface area (Å²) in [5, 5.41) is 6.50. The van der Waals surface area contributed by atoms with Gasteiger partial charge in [0.25, 0.3) is 0 Å². The average Bonchev–Trinajstić information content (AvgIpc) is 2.57. The van der Waals surface area contributed by atoms with Crippen molar-refractivity contribution in [1.29, 1.82) is 0 Å². The quantitative estimate of drug-likeness (QED) is 0.532. The molecule has 1 aromatic carbocycles. The van der Waals surface area contributed by atoms with Crippen molar-refractivity contribution in [3.8, 4) is 5.75 Å². The number of likely N-dealkylation sites (N-methyl/N-ethyl adjacent to an activating group) is 1. The molecule has 0 radical (unpaired) electrons. The Morgan fingerprint density at radius 3 is 2.62 bits per heavy atom.